The number of carbonyl (C=O) groups excluding carboxylic acids is 4. The average Bonchev–Trinajstić information content (AvgIpc) is 3.81. The molecule has 3 aromatic heterocycles. The molecule has 0 spiro atoms. The van der Waals surface area contributed by atoms with E-state index >= 15 is 0 Å². The first-order valence-electron chi connectivity index (χ1n) is 19.3. The van der Waals surface area contributed by atoms with Crippen LogP contribution in [0.1, 0.15) is 138 Å². The van der Waals surface area contributed by atoms with Gasteiger partial charge in [-0.05, 0) is 84.0 Å². The molecule has 0 saturated carbocycles. The van der Waals surface area contributed by atoms with E-state index in [2.05, 4.69) is 34.4 Å². The molecule has 5 atom stereocenters. The summed E-state index contributed by atoms with van der Waals surface area (Å²) in [7, 11) is 5.20. The van der Waals surface area contributed by atoms with E-state index in [9.17, 15) is 24.3 Å². The van der Waals surface area contributed by atoms with Gasteiger partial charge in [-0.15, -0.1) is 0 Å². The Labute approximate surface area is 323 Å². The lowest BCUT2D eigenvalue weighted by molar-refractivity contribution is -0.139. The second-order valence-electron chi connectivity index (χ2n) is 15.4. The number of esters is 1. The number of likely N-dealkylation sites (N-methyl/N-ethyl adjacent to an activating group) is 1. The Morgan fingerprint density at radius 3 is 2.16 bits per heavy atom. The standard InChI is InChI=1S/C42H57N7O6/c1-11-27-22(3)30-19-35-38(26(7)51)24(5)32(46-35)17-31-23(4)28(12-13-36(52)44-20-21(2)50)40(47-31)29(16-37(53)55-10)41-39(42(54)43-14-15-49(8)9)25(6)33(48-41)18-34(27)45-30/h17-19,21-23,27-28,46,48,50H,11-16,20H2,1-10H3,(H,43,54)(H,44,52)/t21-,22+,23-,27+,28-/m0/s1. The van der Waals surface area contributed by atoms with Gasteiger partial charge in [0.1, 0.15) is 0 Å². The van der Waals surface area contributed by atoms with E-state index in [1.807, 2.05) is 58.0 Å². The minimum absolute atomic E-state index is 0.0577. The molecule has 3 aromatic rings. The second-order valence-corrected chi connectivity index (χ2v) is 15.4. The molecule has 296 valence electrons. The summed E-state index contributed by atoms with van der Waals surface area (Å²) < 4.78 is 5.23. The van der Waals surface area contributed by atoms with Crippen molar-refractivity contribution in [3.05, 3.63) is 68.8 Å². The summed E-state index contributed by atoms with van der Waals surface area (Å²) in [5.41, 5.74) is 8.51. The lowest BCUT2D eigenvalue weighted by atomic mass is 9.85. The number of H-pyrrole nitrogens is 2. The van der Waals surface area contributed by atoms with Crippen molar-refractivity contribution < 1.29 is 29.0 Å². The first kappa shape index (κ1) is 41.3. The zero-order chi connectivity index (χ0) is 40.3. The van der Waals surface area contributed by atoms with Crippen molar-refractivity contribution in [2.45, 2.75) is 104 Å². The number of Topliss-reactive ketones (excluding diaryl/α,β-unsaturated/α-hetero) is 1. The van der Waals surface area contributed by atoms with Gasteiger partial charge in [-0.1, -0.05) is 20.8 Å². The fraction of sp³-hybridized carbons (Fsp3) is 0.524. The van der Waals surface area contributed by atoms with E-state index in [1.165, 1.54) is 7.11 Å². The number of hydrogen-bond acceptors (Lipinski definition) is 9. The molecule has 8 bridgehead atoms. The number of carbonyl (C=O) groups is 4. The second kappa shape index (κ2) is 17.3. The number of nitrogens with zero attached hydrogens (tertiary/aromatic N) is 3. The van der Waals surface area contributed by atoms with E-state index in [0.717, 1.165) is 28.9 Å². The third kappa shape index (κ3) is 8.83. The van der Waals surface area contributed by atoms with Crippen molar-refractivity contribution >= 4 is 45.6 Å². The van der Waals surface area contributed by atoms with Gasteiger partial charge in [0.25, 0.3) is 5.91 Å². The first-order valence-corrected chi connectivity index (χ1v) is 19.3. The highest BCUT2D eigenvalue weighted by Crippen LogP contribution is 2.43. The number of nitrogens with one attached hydrogen (secondary N) is 4. The number of amides is 2. The minimum atomic E-state index is -0.692. The number of ether oxygens (including phenoxy) is 1. The van der Waals surface area contributed by atoms with Crippen LogP contribution in [0.3, 0.4) is 0 Å². The number of methoxy groups -OCH3 is 1. The molecular formula is C42H57N7O6. The summed E-state index contributed by atoms with van der Waals surface area (Å²) in [4.78, 5) is 73.1. The Bertz CT molecular complexity index is 2130. The van der Waals surface area contributed by atoms with Crippen molar-refractivity contribution in [3.63, 3.8) is 0 Å². The van der Waals surface area contributed by atoms with Gasteiger partial charge in [-0.25, -0.2) is 0 Å². The predicted octanol–water partition coefficient (Wildman–Crippen LogP) is 5.60. The molecule has 5 heterocycles. The molecule has 0 saturated heterocycles. The number of hydrogen-bond donors (Lipinski definition) is 5. The maximum Gasteiger partial charge on any atom is 0.310 e. The summed E-state index contributed by atoms with van der Waals surface area (Å²) in [6, 6.07) is 5.92. The van der Waals surface area contributed by atoms with Crippen LogP contribution in [0, 0.1) is 13.8 Å². The lowest BCUT2D eigenvalue weighted by Gasteiger charge is -2.18. The highest BCUT2D eigenvalue weighted by molar-refractivity contribution is 6.06. The minimum Gasteiger partial charge on any atom is -0.469 e. The lowest BCUT2D eigenvalue weighted by Crippen LogP contribution is -2.31. The molecule has 0 unspecified atom stereocenters. The Hall–Kier alpha value is -4.88. The molecule has 0 aliphatic carbocycles. The molecule has 0 aromatic carbocycles. The van der Waals surface area contributed by atoms with Crippen molar-refractivity contribution in [1.29, 1.82) is 0 Å². The van der Waals surface area contributed by atoms with E-state index in [-0.39, 0.29) is 60.7 Å². The fourth-order valence-corrected chi connectivity index (χ4v) is 7.97. The molecule has 5 N–H and O–H groups in total. The maximum absolute atomic E-state index is 14.2. The molecule has 2 amide bonds. The van der Waals surface area contributed by atoms with Gasteiger partial charge in [0.2, 0.25) is 5.91 Å². The van der Waals surface area contributed by atoms with Crippen molar-refractivity contribution in [2.75, 3.05) is 40.8 Å². The number of fused-ring (bicyclic) bond motifs is 8. The van der Waals surface area contributed by atoms with Gasteiger partial charge in [0.05, 0.1) is 41.9 Å². The molecule has 13 nitrogen and oxygen atoms in total. The van der Waals surface area contributed by atoms with Gasteiger partial charge in [0.15, 0.2) is 5.78 Å². The van der Waals surface area contributed by atoms with Crippen LogP contribution in [-0.4, -0.2) is 100 Å². The smallest absolute Gasteiger partial charge is 0.310 e. The molecule has 2 aliphatic heterocycles. The number of aliphatic hydroxyl groups excluding tert-OH is 1. The van der Waals surface area contributed by atoms with Gasteiger partial charge in [-0.3, -0.25) is 29.1 Å². The van der Waals surface area contributed by atoms with E-state index < -0.39 is 12.1 Å². The molecule has 13 heteroatoms. The highest BCUT2D eigenvalue weighted by Gasteiger charge is 2.34. The third-order valence-corrected chi connectivity index (χ3v) is 11.2. The number of aromatic amines is 2. The third-order valence-electron chi connectivity index (χ3n) is 11.2. The van der Waals surface area contributed by atoms with Gasteiger partial charge in [-0.2, -0.15) is 0 Å². The van der Waals surface area contributed by atoms with Gasteiger partial charge >= 0.3 is 5.97 Å². The Kier molecular flexibility index (Phi) is 13.0. The van der Waals surface area contributed by atoms with Crippen molar-refractivity contribution in [2.24, 2.45) is 0 Å². The van der Waals surface area contributed by atoms with Crippen molar-refractivity contribution in [3.8, 4) is 0 Å². The average molecular weight is 756 g/mol. The van der Waals surface area contributed by atoms with Crippen LogP contribution in [0.4, 0.5) is 0 Å². The topological polar surface area (TPSA) is 182 Å². The quantitative estimate of drug-likeness (QED) is 0.110. The maximum atomic E-state index is 14.2. The van der Waals surface area contributed by atoms with Crippen LogP contribution in [0.15, 0.2) is 18.2 Å². The molecule has 55 heavy (non-hydrogen) atoms. The fourth-order valence-electron chi connectivity index (χ4n) is 7.97. The largest absolute Gasteiger partial charge is 0.469 e. The molecule has 5 rings (SSSR count). The number of ketones is 1. The summed E-state index contributed by atoms with van der Waals surface area (Å²) in [6.45, 7) is 14.5. The normalized spacial score (nSPS) is 18.6. The number of rotatable bonds is 13. The van der Waals surface area contributed by atoms with Crippen LogP contribution >= 0.6 is 0 Å². The first-order chi connectivity index (χ1) is 26.1. The van der Waals surface area contributed by atoms with Gasteiger partial charge in [0, 0.05) is 89.0 Å². The Balaban J connectivity index is 1.92. The summed E-state index contributed by atoms with van der Waals surface area (Å²) in [5.74, 6) is -1.51. The van der Waals surface area contributed by atoms with Gasteiger partial charge < -0.3 is 35.3 Å². The highest BCUT2D eigenvalue weighted by atomic mass is 16.5. The van der Waals surface area contributed by atoms with E-state index in [4.69, 9.17) is 14.7 Å². The van der Waals surface area contributed by atoms with E-state index in [0.29, 0.717) is 69.7 Å². The SMILES string of the molecule is CC[C@H]1c2cc3[nH]c(c(CC(=O)OC)c4nc(cc5[nH]c(cc(n2)[C@@H]1C)c(C(C)=O)c5C)[C@@H](C)[C@@H]4CCC(=O)NC[C@H](C)O)c(C(=O)NCCN(C)C)c3C. The number of aromatic nitrogens is 4. The number of aryl methyl sites for hydroxylation is 2. The van der Waals surface area contributed by atoms with Crippen LogP contribution in [-0.2, 0) is 20.7 Å². The molecule has 0 fully saturated rings. The zero-order valence-electron chi connectivity index (χ0n) is 33.9. The summed E-state index contributed by atoms with van der Waals surface area (Å²) in [5, 5.41) is 15.6. The summed E-state index contributed by atoms with van der Waals surface area (Å²) >= 11 is 0. The molecular weight excluding hydrogens is 699 g/mol. The zero-order valence-corrected chi connectivity index (χ0v) is 33.9. The van der Waals surface area contributed by atoms with Crippen LogP contribution in [0.25, 0.3) is 22.1 Å². The Morgan fingerprint density at radius 1 is 0.909 bits per heavy atom. The Morgan fingerprint density at radius 2 is 1.53 bits per heavy atom. The van der Waals surface area contributed by atoms with Crippen LogP contribution < -0.4 is 10.6 Å². The predicted molar refractivity (Wildman–Crippen MR) is 214 cm³/mol. The number of aliphatic hydroxyl groups is 1. The van der Waals surface area contributed by atoms with Crippen LogP contribution in [0.5, 0.6) is 0 Å². The van der Waals surface area contributed by atoms with Crippen LogP contribution in [0.2, 0.25) is 0 Å². The molecule has 2 aliphatic rings. The summed E-state index contributed by atoms with van der Waals surface area (Å²) in [6.07, 6.45) is 0.469. The molecule has 0 radical (unpaired) electrons. The monoisotopic (exact) mass is 755 g/mol. The van der Waals surface area contributed by atoms with Crippen molar-refractivity contribution in [1.82, 2.24) is 35.5 Å². The van der Waals surface area contributed by atoms with E-state index in [1.54, 1.807) is 13.8 Å².